The quantitative estimate of drug-likeness (QED) is 0.912. The fourth-order valence-electron chi connectivity index (χ4n) is 2.68. The smallest absolute Gasteiger partial charge is 0.410 e. The first-order valence-corrected chi connectivity index (χ1v) is 7.73. The maximum Gasteiger partial charge on any atom is 0.410 e. The number of alkyl halides is 1. The first-order chi connectivity index (χ1) is 10.4. The second-order valence-corrected chi connectivity index (χ2v) is 6.68. The molecule has 1 fully saturated rings. The van der Waals surface area contributed by atoms with Crippen LogP contribution >= 0.6 is 0 Å². The molecule has 0 bridgehead atoms. The van der Waals surface area contributed by atoms with Crippen LogP contribution in [0.2, 0.25) is 0 Å². The molecule has 5 heteroatoms. The lowest BCUT2D eigenvalue weighted by molar-refractivity contribution is 0.0230. The van der Waals surface area contributed by atoms with Crippen LogP contribution in [0.3, 0.4) is 0 Å². The normalized spacial score (nSPS) is 23.0. The monoisotopic (exact) mass is 308 g/mol. The van der Waals surface area contributed by atoms with E-state index in [9.17, 15) is 9.18 Å². The van der Waals surface area contributed by atoms with Crippen molar-refractivity contribution in [1.29, 1.82) is 0 Å². The second-order valence-electron chi connectivity index (χ2n) is 6.68. The van der Waals surface area contributed by atoms with Crippen LogP contribution in [0.1, 0.15) is 32.4 Å². The molecule has 2 atom stereocenters. The highest BCUT2D eigenvalue weighted by Crippen LogP contribution is 2.26. The van der Waals surface area contributed by atoms with Crippen LogP contribution in [0.15, 0.2) is 30.3 Å². The molecule has 1 aromatic carbocycles. The predicted octanol–water partition coefficient (Wildman–Crippen LogP) is 3.15. The van der Waals surface area contributed by atoms with Crippen LogP contribution in [0.4, 0.5) is 9.18 Å². The Morgan fingerprint density at radius 2 is 2.05 bits per heavy atom. The molecule has 2 rings (SSSR count). The van der Waals surface area contributed by atoms with Crippen molar-refractivity contribution in [2.45, 2.75) is 32.4 Å². The van der Waals surface area contributed by atoms with Crippen LogP contribution in [-0.4, -0.2) is 42.9 Å². The number of halogens is 1. The number of ether oxygens (including phenoxy) is 1. The van der Waals surface area contributed by atoms with E-state index in [-0.39, 0.29) is 18.1 Å². The Bertz CT molecular complexity index is 487. The van der Waals surface area contributed by atoms with E-state index in [1.807, 2.05) is 51.1 Å². The number of nitrogens with zero attached hydrogens (tertiary/aromatic N) is 1. The lowest BCUT2D eigenvalue weighted by Crippen LogP contribution is -2.40. The molecule has 1 N–H and O–H groups in total. The highest BCUT2D eigenvalue weighted by Gasteiger charge is 2.31. The van der Waals surface area contributed by atoms with Gasteiger partial charge >= 0.3 is 6.09 Å². The molecule has 1 saturated heterocycles. The topological polar surface area (TPSA) is 41.6 Å². The van der Waals surface area contributed by atoms with Gasteiger partial charge < -0.3 is 15.0 Å². The summed E-state index contributed by atoms with van der Waals surface area (Å²) in [4.78, 5) is 13.8. The molecule has 0 aliphatic carbocycles. The van der Waals surface area contributed by atoms with Crippen molar-refractivity contribution < 1.29 is 13.9 Å². The van der Waals surface area contributed by atoms with Crippen molar-refractivity contribution in [3.8, 4) is 0 Å². The molecule has 2 unspecified atom stereocenters. The molecule has 0 saturated carbocycles. The number of hydrogen-bond acceptors (Lipinski definition) is 3. The van der Waals surface area contributed by atoms with Gasteiger partial charge in [0.05, 0.1) is 6.67 Å². The maximum atomic E-state index is 13.6. The summed E-state index contributed by atoms with van der Waals surface area (Å²) in [6.45, 7) is 6.52. The van der Waals surface area contributed by atoms with Crippen LogP contribution in [0.5, 0.6) is 0 Å². The van der Waals surface area contributed by atoms with Crippen LogP contribution in [0, 0.1) is 5.92 Å². The van der Waals surface area contributed by atoms with E-state index in [0.29, 0.717) is 19.6 Å². The van der Waals surface area contributed by atoms with E-state index in [2.05, 4.69) is 5.32 Å². The molecule has 1 aromatic rings. The molecule has 4 nitrogen and oxygen atoms in total. The Hall–Kier alpha value is -1.62. The van der Waals surface area contributed by atoms with E-state index in [0.717, 1.165) is 5.56 Å². The van der Waals surface area contributed by atoms with Crippen LogP contribution in [0.25, 0.3) is 0 Å². The average Bonchev–Trinajstić information content (AvgIpc) is 2.68. The summed E-state index contributed by atoms with van der Waals surface area (Å²) >= 11 is 0. The highest BCUT2D eigenvalue weighted by atomic mass is 19.1. The van der Waals surface area contributed by atoms with Crippen LogP contribution < -0.4 is 5.32 Å². The van der Waals surface area contributed by atoms with Gasteiger partial charge in [0, 0.05) is 31.6 Å². The third-order valence-electron chi connectivity index (χ3n) is 3.68. The van der Waals surface area contributed by atoms with Gasteiger partial charge in [-0.15, -0.1) is 0 Å². The van der Waals surface area contributed by atoms with Gasteiger partial charge in [-0.05, 0) is 26.3 Å². The molecule has 122 valence electrons. The van der Waals surface area contributed by atoms with E-state index in [1.54, 1.807) is 4.90 Å². The Kier molecular flexibility index (Phi) is 5.40. The molecule has 0 radical (unpaired) electrons. The summed E-state index contributed by atoms with van der Waals surface area (Å²) < 4.78 is 19.0. The number of carbonyl (C=O) groups is 1. The molecular formula is C17H25FN2O2. The van der Waals surface area contributed by atoms with E-state index in [4.69, 9.17) is 4.74 Å². The summed E-state index contributed by atoms with van der Waals surface area (Å²) in [7, 11) is 0. The number of amides is 1. The maximum absolute atomic E-state index is 13.6. The highest BCUT2D eigenvalue weighted by molar-refractivity contribution is 5.68. The summed E-state index contributed by atoms with van der Waals surface area (Å²) in [6, 6.07) is 9.73. The van der Waals surface area contributed by atoms with Crippen molar-refractivity contribution in [3.05, 3.63) is 35.9 Å². The number of nitrogens with one attached hydrogen (secondary N) is 1. The number of carbonyl (C=O) groups excluding carboxylic acids is 1. The SMILES string of the molecule is CC(C)(C)OC(=O)N1CCNC(c2ccccc2)C(CF)C1. The minimum absolute atomic E-state index is 0.0846. The average molecular weight is 308 g/mol. The van der Waals surface area contributed by atoms with Crippen molar-refractivity contribution in [3.63, 3.8) is 0 Å². The molecule has 1 heterocycles. The fraction of sp³-hybridized carbons (Fsp3) is 0.588. The summed E-state index contributed by atoms with van der Waals surface area (Å²) in [5.41, 5.74) is 0.511. The number of hydrogen-bond donors (Lipinski definition) is 1. The van der Waals surface area contributed by atoms with E-state index < -0.39 is 12.3 Å². The fourth-order valence-corrected chi connectivity index (χ4v) is 2.68. The van der Waals surface area contributed by atoms with Gasteiger partial charge in [-0.2, -0.15) is 0 Å². The Morgan fingerprint density at radius 1 is 1.36 bits per heavy atom. The zero-order valence-electron chi connectivity index (χ0n) is 13.5. The summed E-state index contributed by atoms with van der Waals surface area (Å²) in [6.07, 6.45) is -0.374. The number of benzene rings is 1. The molecule has 1 aliphatic rings. The minimum atomic E-state index is -0.541. The third kappa shape index (κ3) is 4.44. The molecule has 0 aromatic heterocycles. The van der Waals surface area contributed by atoms with Crippen molar-refractivity contribution in [2.75, 3.05) is 26.3 Å². The Balaban J connectivity index is 2.10. The number of rotatable bonds is 2. The van der Waals surface area contributed by atoms with E-state index in [1.165, 1.54) is 0 Å². The first kappa shape index (κ1) is 16.7. The zero-order chi connectivity index (χ0) is 16.2. The second kappa shape index (κ2) is 7.09. The van der Waals surface area contributed by atoms with Gasteiger partial charge in [-0.1, -0.05) is 30.3 Å². The standard InChI is InChI=1S/C17H25FN2O2/c1-17(2,3)22-16(21)20-10-9-19-15(14(11-18)12-20)13-7-5-4-6-8-13/h4-8,14-15,19H,9-12H2,1-3H3. The van der Waals surface area contributed by atoms with Crippen molar-refractivity contribution in [2.24, 2.45) is 5.92 Å². The molecule has 0 spiro atoms. The van der Waals surface area contributed by atoms with Crippen molar-refractivity contribution in [1.82, 2.24) is 10.2 Å². The van der Waals surface area contributed by atoms with E-state index >= 15 is 0 Å². The largest absolute Gasteiger partial charge is 0.444 e. The van der Waals surface area contributed by atoms with Crippen LogP contribution in [-0.2, 0) is 4.74 Å². The van der Waals surface area contributed by atoms with Gasteiger partial charge in [-0.25, -0.2) is 4.79 Å². The lowest BCUT2D eigenvalue weighted by atomic mass is 9.94. The Labute approximate surface area is 131 Å². The Morgan fingerprint density at radius 3 is 2.64 bits per heavy atom. The van der Waals surface area contributed by atoms with Gasteiger partial charge in [0.15, 0.2) is 0 Å². The zero-order valence-corrected chi connectivity index (χ0v) is 13.5. The van der Waals surface area contributed by atoms with Crippen molar-refractivity contribution >= 4 is 6.09 Å². The van der Waals surface area contributed by atoms with Gasteiger partial charge in [0.2, 0.25) is 0 Å². The minimum Gasteiger partial charge on any atom is -0.444 e. The lowest BCUT2D eigenvalue weighted by Gasteiger charge is -2.29. The van der Waals surface area contributed by atoms with Gasteiger partial charge in [0.1, 0.15) is 5.60 Å². The summed E-state index contributed by atoms with van der Waals surface area (Å²) in [5.74, 6) is -0.280. The third-order valence-corrected chi connectivity index (χ3v) is 3.68. The first-order valence-electron chi connectivity index (χ1n) is 7.73. The van der Waals surface area contributed by atoms with Gasteiger partial charge in [0.25, 0.3) is 0 Å². The van der Waals surface area contributed by atoms with Gasteiger partial charge in [-0.3, -0.25) is 4.39 Å². The predicted molar refractivity (Wildman–Crippen MR) is 84.5 cm³/mol. The summed E-state index contributed by atoms with van der Waals surface area (Å²) in [5, 5.41) is 3.36. The molecule has 22 heavy (non-hydrogen) atoms. The molecule has 1 aliphatic heterocycles. The molecular weight excluding hydrogens is 283 g/mol. The molecule has 1 amide bonds.